The number of amides is 1. The Labute approximate surface area is 133 Å². The van der Waals surface area contributed by atoms with E-state index in [1.54, 1.807) is 19.2 Å². The number of diazo groups is 1. The summed E-state index contributed by atoms with van der Waals surface area (Å²) in [6.45, 7) is 4.17. The Morgan fingerprint density at radius 1 is 1.36 bits per heavy atom. The third-order valence-corrected chi connectivity index (χ3v) is 3.74. The molecule has 22 heavy (non-hydrogen) atoms. The van der Waals surface area contributed by atoms with Crippen molar-refractivity contribution in [3.05, 3.63) is 52.5 Å². The molecule has 2 aromatic rings. The Morgan fingerprint density at radius 2 is 2.14 bits per heavy atom. The van der Waals surface area contributed by atoms with Crippen LogP contribution in [0.25, 0.3) is 16.2 Å². The van der Waals surface area contributed by atoms with Gasteiger partial charge in [-0.3, -0.25) is 9.36 Å². The highest BCUT2D eigenvalue weighted by atomic mass is 35.5. The molecule has 0 atom stereocenters. The van der Waals surface area contributed by atoms with Crippen LogP contribution in [0.2, 0.25) is 0 Å². The molecule has 0 aliphatic carbocycles. The van der Waals surface area contributed by atoms with Crippen LogP contribution in [0.5, 0.6) is 0 Å². The number of rotatable bonds is 2. The molecule has 0 fully saturated rings. The van der Waals surface area contributed by atoms with Gasteiger partial charge in [0.2, 0.25) is 11.3 Å². The van der Waals surface area contributed by atoms with E-state index in [2.05, 4.69) is 15.3 Å². The lowest BCUT2D eigenvalue weighted by Gasteiger charge is -2.05. The Balaban J connectivity index is 0.00000176. The van der Waals surface area contributed by atoms with Gasteiger partial charge >= 0.3 is 5.69 Å². The smallest absolute Gasteiger partial charge is 0.409 e. The van der Waals surface area contributed by atoms with E-state index in [0.717, 1.165) is 22.6 Å². The van der Waals surface area contributed by atoms with Crippen molar-refractivity contribution in [1.29, 1.82) is 5.39 Å². The summed E-state index contributed by atoms with van der Waals surface area (Å²) in [5.41, 5.74) is 3.68. The van der Waals surface area contributed by atoms with Crippen LogP contribution in [0.4, 0.5) is 5.69 Å². The first-order valence-corrected chi connectivity index (χ1v) is 6.59. The molecule has 3 rings (SSSR count). The monoisotopic (exact) mass is 315 g/mol. The van der Waals surface area contributed by atoms with Crippen LogP contribution in [0, 0.1) is 12.3 Å². The Kier molecular flexibility index (Phi) is 4.29. The molecule has 0 radical (unpaired) electrons. The van der Waals surface area contributed by atoms with Crippen molar-refractivity contribution in [3.63, 3.8) is 0 Å². The van der Waals surface area contributed by atoms with Crippen LogP contribution in [-0.4, -0.2) is 22.0 Å². The number of benzene rings is 1. The molecule has 0 bridgehead atoms. The van der Waals surface area contributed by atoms with E-state index < -0.39 is 0 Å². The van der Waals surface area contributed by atoms with Gasteiger partial charge < -0.3 is 17.7 Å². The Bertz CT molecular complexity index is 816. The van der Waals surface area contributed by atoms with E-state index in [1.807, 2.05) is 29.8 Å². The highest BCUT2D eigenvalue weighted by Crippen LogP contribution is 2.31. The number of halogens is 1. The molecule has 7 heteroatoms. The van der Waals surface area contributed by atoms with Crippen LogP contribution in [-0.2, 0) is 4.79 Å². The minimum atomic E-state index is -0.0537. The van der Waals surface area contributed by atoms with E-state index >= 15 is 0 Å². The first-order valence-electron chi connectivity index (χ1n) is 6.59. The van der Waals surface area contributed by atoms with Gasteiger partial charge in [0, 0.05) is 30.6 Å². The summed E-state index contributed by atoms with van der Waals surface area (Å²) < 4.78 is 1.85. The first kappa shape index (κ1) is 15.7. The quantitative estimate of drug-likeness (QED) is 0.764. The molecule has 1 N–H and O–H groups in total. The standard InChI is InChI=1S/C15H13N5O.ClH/c1-9-12(8-18-15(9)21)11-3-4-14(13(7-11)19-16)20-6-5-17-10(20)2;/h3-7H,8H2,1-2H3;1H. The van der Waals surface area contributed by atoms with Crippen LogP contribution < -0.4 is 17.7 Å². The maximum Gasteiger partial charge on any atom is 0.409 e. The summed E-state index contributed by atoms with van der Waals surface area (Å²) in [7, 11) is 0. The van der Waals surface area contributed by atoms with Crippen molar-refractivity contribution in [1.82, 2.24) is 14.9 Å². The highest BCUT2D eigenvalue weighted by molar-refractivity contribution is 6.05. The fraction of sp³-hybridized carbons (Fsp3) is 0.200. The minimum absolute atomic E-state index is 0. The van der Waals surface area contributed by atoms with Gasteiger partial charge in [0.1, 0.15) is 11.5 Å². The predicted molar refractivity (Wildman–Crippen MR) is 78.6 cm³/mol. The van der Waals surface area contributed by atoms with Crippen molar-refractivity contribution < 1.29 is 17.2 Å². The Morgan fingerprint density at radius 3 is 2.68 bits per heavy atom. The number of aromatic nitrogens is 2. The Hall–Kier alpha value is -2.65. The number of nitrogens with one attached hydrogen (secondary N) is 1. The minimum Gasteiger partial charge on any atom is -1.00 e. The lowest BCUT2D eigenvalue weighted by molar-refractivity contribution is -0.116. The number of hydrogen-bond donors (Lipinski definition) is 1. The van der Waals surface area contributed by atoms with E-state index in [0.29, 0.717) is 17.8 Å². The second-order valence-corrected chi connectivity index (χ2v) is 4.93. The molecule has 0 saturated carbocycles. The topological polar surface area (TPSA) is 75.1 Å². The largest absolute Gasteiger partial charge is 1.00 e. The summed E-state index contributed by atoms with van der Waals surface area (Å²) in [6.07, 6.45) is 3.50. The van der Waals surface area contributed by atoms with Crippen molar-refractivity contribution in [2.45, 2.75) is 13.8 Å². The third-order valence-electron chi connectivity index (χ3n) is 3.74. The molecule has 1 aromatic heterocycles. The second kappa shape index (κ2) is 6.00. The molecule has 0 saturated heterocycles. The molecule has 1 aliphatic rings. The fourth-order valence-corrected chi connectivity index (χ4v) is 2.52. The van der Waals surface area contributed by atoms with Gasteiger partial charge in [0.25, 0.3) is 0 Å². The zero-order valence-corrected chi connectivity index (χ0v) is 12.9. The third kappa shape index (κ3) is 2.47. The van der Waals surface area contributed by atoms with Gasteiger partial charge in [-0.25, -0.2) is 4.98 Å². The highest BCUT2D eigenvalue weighted by Gasteiger charge is 2.23. The van der Waals surface area contributed by atoms with Gasteiger partial charge in [-0.05, 0) is 31.1 Å². The normalized spacial score (nSPS) is 13.6. The number of aryl methyl sites for hydroxylation is 1. The molecule has 112 valence electrons. The van der Waals surface area contributed by atoms with Crippen LogP contribution in [0.3, 0.4) is 0 Å². The molecule has 1 amide bonds. The summed E-state index contributed by atoms with van der Waals surface area (Å²) in [5, 5.41) is 12.1. The summed E-state index contributed by atoms with van der Waals surface area (Å²) >= 11 is 0. The lowest BCUT2D eigenvalue weighted by atomic mass is 10.0. The van der Waals surface area contributed by atoms with E-state index in [1.165, 1.54) is 0 Å². The molecule has 6 nitrogen and oxygen atoms in total. The van der Waals surface area contributed by atoms with E-state index in [9.17, 15) is 10.2 Å². The second-order valence-electron chi connectivity index (χ2n) is 4.93. The van der Waals surface area contributed by atoms with Crippen molar-refractivity contribution >= 4 is 17.2 Å². The van der Waals surface area contributed by atoms with E-state index in [4.69, 9.17) is 0 Å². The zero-order chi connectivity index (χ0) is 15.0. The molecule has 0 spiro atoms. The van der Waals surface area contributed by atoms with Crippen molar-refractivity contribution in [3.8, 4) is 5.69 Å². The maximum absolute atomic E-state index is 11.6. The zero-order valence-electron chi connectivity index (χ0n) is 12.2. The van der Waals surface area contributed by atoms with Crippen molar-refractivity contribution in [2.24, 2.45) is 0 Å². The van der Waals surface area contributed by atoms with Gasteiger partial charge in [-0.15, -0.1) is 0 Å². The average Bonchev–Trinajstić information content (AvgIpc) is 3.05. The lowest BCUT2D eigenvalue weighted by Crippen LogP contribution is -3.00. The first-order chi connectivity index (χ1) is 10.1. The molecule has 1 aliphatic heterocycles. The number of carbonyl (C=O) groups is 1. The van der Waals surface area contributed by atoms with Crippen LogP contribution >= 0.6 is 0 Å². The molecular weight excluding hydrogens is 302 g/mol. The van der Waals surface area contributed by atoms with Crippen LogP contribution in [0.15, 0.2) is 36.2 Å². The van der Waals surface area contributed by atoms with Crippen molar-refractivity contribution in [2.75, 3.05) is 6.54 Å². The summed E-state index contributed by atoms with van der Waals surface area (Å²) in [6, 6.07) is 5.55. The SMILES string of the molecule is CC1=C(c2ccc(-n3ccnc3C)c([N+]#N)c2)CNC1=O.[Cl-]. The number of nitrogens with zero attached hydrogens (tertiary/aromatic N) is 4. The maximum atomic E-state index is 11.6. The molecular formula is C15H14ClN5O. The van der Waals surface area contributed by atoms with Gasteiger partial charge in [0.05, 0.1) is 0 Å². The number of hydrogen-bond acceptors (Lipinski definition) is 3. The molecule has 2 heterocycles. The van der Waals surface area contributed by atoms with E-state index in [-0.39, 0.29) is 18.3 Å². The molecule has 1 aromatic carbocycles. The number of imidazole rings is 1. The predicted octanol–water partition coefficient (Wildman–Crippen LogP) is -0.427. The van der Waals surface area contributed by atoms with Crippen LogP contribution in [0.1, 0.15) is 18.3 Å². The average molecular weight is 316 g/mol. The fourth-order valence-electron chi connectivity index (χ4n) is 2.52. The molecule has 0 unspecified atom stereocenters. The summed E-state index contributed by atoms with van der Waals surface area (Å²) in [5.74, 6) is 0.753. The van der Waals surface area contributed by atoms with Gasteiger partial charge in [0.15, 0.2) is 4.98 Å². The summed E-state index contributed by atoms with van der Waals surface area (Å²) in [4.78, 5) is 19.1. The van der Waals surface area contributed by atoms with Gasteiger partial charge in [-0.1, -0.05) is 6.07 Å². The van der Waals surface area contributed by atoms with Gasteiger partial charge in [-0.2, -0.15) is 0 Å². The number of carbonyl (C=O) groups excluding carboxylic acids is 1.